The average Bonchev–Trinajstić information content (AvgIpc) is 3.04. The van der Waals surface area contributed by atoms with Crippen molar-refractivity contribution >= 4 is 52.3 Å². The predicted octanol–water partition coefficient (Wildman–Crippen LogP) is 4.75. The molecule has 1 aliphatic rings. The summed E-state index contributed by atoms with van der Waals surface area (Å²) < 4.78 is 0. The molecule has 1 heterocycles. The molecule has 10 heteroatoms. The highest BCUT2D eigenvalue weighted by Gasteiger charge is 2.42. The van der Waals surface area contributed by atoms with E-state index in [4.69, 9.17) is 23.2 Å². The van der Waals surface area contributed by atoms with E-state index in [1.807, 2.05) is 0 Å². The van der Waals surface area contributed by atoms with Crippen LogP contribution in [0.2, 0.25) is 10.0 Å². The van der Waals surface area contributed by atoms with E-state index in [0.29, 0.717) is 10.6 Å². The Bertz CT molecular complexity index is 1260. The summed E-state index contributed by atoms with van der Waals surface area (Å²) in [6.07, 6.45) is -0.0551. The van der Waals surface area contributed by atoms with Gasteiger partial charge in [0.2, 0.25) is 5.91 Å². The molecule has 4 rings (SSSR count). The van der Waals surface area contributed by atoms with Crippen LogP contribution < -0.4 is 5.32 Å². The Labute approximate surface area is 197 Å². The van der Waals surface area contributed by atoms with Crippen LogP contribution >= 0.6 is 23.2 Å². The first-order valence-electron chi connectivity index (χ1n) is 9.72. The van der Waals surface area contributed by atoms with Gasteiger partial charge in [0.25, 0.3) is 17.5 Å². The van der Waals surface area contributed by atoms with E-state index >= 15 is 0 Å². The quantitative estimate of drug-likeness (QED) is 0.309. The van der Waals surface area contributed by atoms with E-state index < -0.39 is 28.7 Å². The van der Waals surface area contributed by atoms with Gasteiger partial charge >= 0.3 is 0 Å². The number of rotatable bonds is 6. The van der Waals surface area contributed by atoms with Crippen molar-refractivity contribution in [1.29, 1.82) is 0 Å². The van der Waals surface area contributed by atoms with E-state index in [2.05, 4.69) is 5.32 Å². The molecule has 0 unspecified atom stereocenters. The summed E-state index contributed by atoms with van der Waals surface area (Å²) in [7, 11) is 0. The molecule has 0 saturated carbocycles. The minimum absolute atomic E-state index is 0.0551. The van der Waals surface area contributed by atoms with Gasteiger partial charge in [0.05, 0.1) is 26.8 Å². The van der Waals surface area contributed by atoms with Gasteiger partial charge in [-0.25, -0.2) is 0 Å². The number of hydrogen-bond acceptors (Lipinski definition) is 5. The highest BCUT2D eigenvalue weighted by Crippen LogP contribution is 2.29. The highest BCUT2D eigenvalue weighted by molar-refractivity contribution is 6.36. The van der Waals surface area contributed by atoms with Gasteiger partial charge in [-0.3, -0.25) is 29.4 Å². The first-order valence-corrected chi connectivity index (χ1v) is 10.5. The van der Waals surface area contributed by atoms with Crippen LogP contribution in [0.4, 0.5) is 11.4 Å². The Balaban J connectivity index is 1.69. The molecule has 0 aliphatic carbocycles. The maximum absolute atomic E-state index is 13.3. The molecule has 3 aromatic carbocycles. The van der Waals surface area contributed by atoms with Crippen LogP contribution in [0.5, 0.6) is 0 Å². The first kappa shape index (κ1) is 22.4. The molecular formula is C23H15Cl2N3O5. The summed E-state index contributed by atoms with van der Waals surface area (Å²) in [5.74, 6) is -1.84. The van der Waals surface area contributed by atoms with Crippen LogP contribution in [0.1, 0.15) is 26.3 Å². The summed E-state index contributed by atoms with van der Waals surface area (Å²) in [6, 6.07) is 15.1. The van der Waals surface area contributed by atoms with Gasteiger partial charge in [-0.15, -0.1) is 0 Å². The standard InChI is InChI=1S/C23H15Cl2N3O5/c24-14-7-10-19(18(25)12-14)26-21(29)20(11-13-5-8-15(9-6-13)28(32)33)27-22(30)16-3-1-2-4-17(16)23(27)31/h1-10,12,20H,11H2,(H,26,29)/t20-/m1/s1. The summed E-state index contributed by atoms with van der Waals surface area (Å²) in [5, 5.41) is 14.2. The fourth-order valence-electron chi connectivity index (χ4n) is 3.58. The molecule has 0 spiro atoms. The molecule has 3 aromatic rings. The van der Waals surface area contributed by atoms with Crippen LogP contribution in [0.25, 0.3) is 0 Å². The summed E-state index contributed by atoms with van der Waals surface area (Å²) in [4.78, 5) is 50.7. The molecule has 0 aromatic heterocycles. The summed E-state index contributed by atoms with van der Waals surface area (Å²) >= 11 is 12.1. The molecule has 1 N–H and O–H groups in total. The normalized spacial score (nSPS) is 13.6. The lowest BCUT2D eigenvalue weighted by molar-refractivity contribution is -0.384. The summed E-state index contributed by atoms with van der Waals surface area (Å²) in [6.45, 7) is 0. The average molecular weight is 484 g/mol. The molecular weight excluding hydrogens is 469 g/mol. The van der Waals surface area contributed by atoms with Crippen molar-refractivity contribution in [3.05, 3.63) is 104 Å². The van der Waals surface area contributed by atoms with Gasteiger partial charge in [0.1, 0.15) is 6.04 Å². The molecule has 8 nitrogen and oxygen atoms in total. The second-order valence-electron chi connectivity index (χ2n) is 7.28. The maximum atomic E-state index is 13.3. The molecule has 1 atom stereocenters. The topological polar surface area (TPSA) is 110 Å². The van der Waals surface area contributed by atoms with Crippen molar-refractivity contribution in [2.75, 3.05) is 5.32 Å². The van der Waals surface area contributed by atoms with E-state index in [1.54, 1.807) is 12.1 Å². The zero-order valence-electron chi connectivity index (χ0n) is 16.8. The lowest BCUT2D eigenvalue weighted by atomic mass is 10.0. The third-order valence-electron chi connectivity index (χ3n) is 5.21. The van der Waals surface area contributed by atoms with Crippen molar-refractivity contribution in [2.24, 2.45) is 0 Å². The van der Waals surface area contributed by atoms with E-state index in [1.165, 1.54) is 54.6 Å². The zero-order valence-corrected chi connectivity index (χ0v) is 18.3. The molecule has 0 fully saturated rings. The zero-order chi connectivity index (χ0) is 23.7. The van der Waals surface area contributed by atoms with E-state index in [-0.39, 0.29) is 33.9 Å². The summed E-state index contributed by atoms with van der Waals surface area (Å²) in [5.41, 5.74) is 1.08. The van der Waals surface area contributed by atoms with Crippen LogP contribution in [-0.4, -0.2) is 33.6 Å². The number of nitro benzene ring substituents is 1. The minimum atomic E-state index is -1.23. The highest BCUT2D eigenvalue weighted by atomic mass is 35.5. The predicted molar refractivity (Wildman–Crippen MR) is 123 cm³/mol. The van der Waals surface area contributed by atoms with E-state index in [0.717, 1.165) is 4.90 Å². The number of benzene rings is 3. The van der Waals surface area contributed by atoms with Crippen molar-refractivity contribution in [3.8, 4) is 0 Å². The number of anilines is 1. The van der Waals surface area contributed by atoms with Gasteiger partial charge < -0.3 is 5.32 Å². The maximum Gasteiger partial charge on any atom is 0.269 e. The van der Waals surface area contributed by atoms with Gasteiger partial charge in [0.15, 0.2) is 0 Å². The van der Waals surface area contributed by atoms with Gasteiger partial charge in [0, 0.05) is 23.6 Å². The number of carbonyl (C=O) groups excluding carboxylic acids is 3. The SMILES string of the molecule is O=C(Nc1ccc(Cl)cc1Cl)[C@@H](Cc1ccc([N+](=O)[O-])cc1)N1C(=O)c2ccccc2C1=O. The third kappa shape index (κ3) is 4.44. The number of hydrogen-bond donors (Lipinski definition) is 1. The van der Waals surface area contributed by atoms with Gasteiger partial charge in [-0.05, 0) is 35.9 Å². The minimum Gasteiger partial charge on any atom is -0.323 e. The number of fused-ring (bicyclic) bond motifs is 1. The second-order valence-corrected chi connectivity index (χ2v) is 8.13. The lowest BCUT2D eigenvalue weighted by Gasteiger charge is -2.25. The Morgan fingerprint density at radius 3 is 2.12 bits per heavy atom. The number of halogens is 2. The Morgan fingerprint density at radius 2 is 1.58 bits per heavy atom. The Morgan fingerprint density at radius 1 is 0.970 bits per heavy atom. The first-order chi connectivity index (χ1) is 15.8. The van der Waals surface area contributed by atoms with Crippen molar-refractivity contribution in [3.63, 3.8) is 0 Å². The smallest absolute Gasteiger partial charge is 0.269 e. The number of carbonyl (C=O) groups is 3. The Hall–Kier alpha value is -3.75. The van der Waals surface area contributed by atoms with E-state index in [9.17, 15) is 24.5 Å². The van der Waals surface area contributed by atoms with Crippen LogP contribution in [-0.2, 0) is 11.2 Å². The van der Waals surface area contributed by atoms with Crippen molar-refractivity contribution in [2.45, 2.75) is 12.5 Å². The number of nitrogens with one attached hydrogen (secondary N) is 1. The molecule has 166 valence electrons. The van der Waals surface area contributed by atoms with Crippen molar-refractivity contribution < 1.29 is 19.3 Å². The van der Waals surface area contributed by atoms with Crippen LogP contribution in [0.15, 0.2) is 66.7 Å². The molecule has 33 heavy (non-hydrogen) atoms. The second kappa shape index (κ2) is 9.01. The lowest BCUT2D eigenvalue weighted by Crippen LogP contribution is -2.48. The van der Waals surface area contributed by atoms with Crippen LogP contribution in [0.3, 0.4) is 0 Å². The fraction of sp³-hybridized carbons (Fsp3) is 0.0870. The molecule has 0 bridgehead atoms. The molecule has 0 saturated heterocycles. The number of nitrogens with zero attached hydrogens (tertiary/aromatic N) is 2. The molecule has 1 aliphatic heterocycles. The van der Waals surface area contributed by atoms with Gasteiger partial charge in [-0.1, -0.05) is 47.5 Å². The molecule has 3 amide bonds. The molecule has 0 radical (unpaired) electrons. The van der Waals surface area contributed by atoms with Crippen LogP contribution in [0, 0.1) is 10.1 Å². The fourth-order valence-corrected chi connectivity index (χ4v) is 4.03. The number of non-ortho nitro benzene ring substituents is 1. The number of amides is 3. The third-order valence-corrected chi connectivity index (χ3v) is 5.75. The Kier molecular flexibility index (Phi) is 6.13. The van der Waals surface area contributed by atoms with Gasteiger partial charge in [-0.2, -0.15) is 0 Å². The van der Waals surface area contributed by atoms with Crippen molar-refractivity contribution in [1.82, 2.24) is 4.90 Å². The number of nitro groups is 1. The monoisotopic (exact) mass is 483 g/mol. The largest absolute Gasteiger partial charge is 0.323 e. The number of imide groups is 1.